The third kappa shape index (κ3) is 10.8. The number of rotatable bonds is 22. The summed E-state index contributed by atoms with van der Waals surface area (Å²) in [6.07, 6.45) is -14.5. The van der Waals surface area contributed by atoms with Gasteiger partial charge in [-0.05, 0) is 6.92 Å². The van der Waals surface area contributed by atoms with Crippen LogP contribution in [-0.2, 0) is 90.1 Å². The first-order valence-electron chi connectivity index (χ1n) is 17.3. The summed E-state index contributed by atoms with van der Waals surface area (Å²) in [5.41, 5.74) is 0. The Balaban J connectivity index is 2.04. The Labute approximate surface area is 312 Å². The van der Waals surface area contributed by atoms with Crippen LogP contribution in [0, 0.1) is 0 Å². The molecule has 3 saturated heterocycles. The van der Waals surface area contributed by atoms with Gasteiger partial charge in [-0.25, -0.2) is 4.79 Å². The SMILES string of the molecule is COCC(OC)C(OC)C(COC)OC1OC(C(=O)OC)C(OC)C(OC)C1OC1OC(C)C(OC)C(O[C@@H]2OC[C@@H](OC)[C@H](OC)[C@H]2OC)C1OC. The molecule has 3 fully saturated rings. The topological polar surface area (TPSA) is 183 Å². The molecule has 0 saturated carbocycles. The van der Waals surface area contributed by atoms with E-state index >= 15 is 0 Å². The normalized spacial score (nSPS) is 38.3. The van der Waals surface area contributed by atoms with E-state index < -0.39 is 110 Å². The molecule has 0 aromatic rings. The van der Waals surface area contributed by atoms with Crippen molar-refractivity contribution in [3.05, 3.63) is 0 Å². The number of carbonyl (C=O) groups excluding carboxylic acids is 1. The zero-order chi connectivity index (χ0) is 39.2. The predicted molar refractivity (Wildman–Crippen MR) is 180 cm³/mol. The van der Waals surface area contributed by atoms with Gasteiger partial charge in [0.2, 0.25) is 0 Å². The van der Waals surface area contributed by atoms with Gasteiger partial charge in [-0.15, -0.1) is 0 Å². The molecule has 19 heteroatoms. The van der Waals surface area contributed by atoms with Crippen LogP contribution in [0.25, 0.3) is 0 Å². The van der Waals surface area contributed by atoms with Crippen molar-refractivity contribution in [1.82, 2.24) is 0 Å². The standard InChI is InChI=1S/C34H62O19/c1-17-21(40-6)26(51-32-28(45-11)23(42-8)19(39-5)16-48-32)29(46-12)33(49-17)53-30-25(44-10)24(43-9)27(31(35)47-13)52-34(30)50-20(15-37-3)22(41-7)18(38-4)14-36-2/h17-30,32-34H,14-16H2,1-13H3/t17?,18?,19-,20?,21?,22?,23+,24?,25?,26?,27?,28-,29?,30?,32+,33?,34?/m1/s1. The van der Waals surface area contributed by atoms with Gasteiger partial charge in [-0.3, -0.25) is 0 Å². The second-order valence-corrected chi connectivity index (χ2v) is 12.6. The van der Waals surface area contributed by atoms with E-state index in [2.05, 4.69) is 0 Å². The Morgan fingerprint density at radius 3 is 1.64 bits per heavy atom. The molecule has 53 heavy (non-hydrogen) atoms. The number of hydrogen-bond donors (Lipinski definition) is 0. The van der Waals surface area contributed by atoms with Crippen LogP contribution in [0.15, 0.2) is 0 Å². The molecule has 0 spiro atoms. The first-order chi connectivity index (χ1) is 25.6. The summed E-state index contributed by atoms with van der Waals surface area (Å²) in [5, 5.41) is 0. The fourth-order valence-corrected chi connectivity index (χ4v) is 7.16. The molecule has 3 heterocycles. The molecule has 19 nitrogen and oxygen atoms in total. The van der Waals surface area contributed by atoms with E-state index in [0.717, 1.165) is 0 Å². The van der Waals surface area contributed by atoms with Crippen molar-refractivity contribution in [3.8, 4) is 0 Å². The summed E-state index contributed by atoms with van der Waals surface area (Å²) >= 11 is 0. The van der Waals surface area contributed by atoms with E-state index in [1.807, 2.05) is 6.92 Å². The summed E-state index contributed by atoms with van der Waals surface area (Å²) in [4.78, 5) is 13.1. The Kier molecular flexibility index (Phi) is 20.1. The molecule has 17 atom stereocenters. The number of hydrogen-bond acceptors (Lipinski definition) is 19. The predicted octanol–water partition coefficient (Wildman–Crippen LogP) is -0.431. The van der Waals surface area contributed by atoms with Gasteiger partial charge in [0.25, 0.3) is 0 Å². The van der Waals surface area contributed by atoms with E-state index in [1.54, 1.807) is 21.3 Å². The van der Waals surface area contributed by atoms with Crippen molar-refractivity contribution in [3.63, 3.8) is 0 Å². The second-order valence-electron chi connectivity index (χ2n) is 12.6. The molecule has 0 N–H and O–H groups in total. The number of ether oxygens (including phenoxy) is 18. The minimum Gasteiger partial charge on any atom is -0.467 e. The highest BCUT2D eigenvalue weighted by Gasteiger charge is 2.56. The lowest BCUT2D eigenvalue weighted by atomic mass is 9.96. The maximum absolute atomic E-state index is 13.1. The van der Waals surface area contributed by atoms with Crippen molar-refractivity contribution in [2.75, 3.05) is 105 Å². The summed E-state index contributed by atoms with van der Waals surface area (Å²) in [5.74, 6) is -0.717. The molecule has 13 unspecified atom stereocenters. The van der Waals surface area contributed by atoms with Crippen molar-refractivity contribution < 1.29 is 90.1 Å². The highest BCUT2D eigenvalue weighted by Crippen LogP contribution is 2.36. The molecule has 312 valence electrons. The van der Waals surface area contributed by atoms with Gasteiger partial charge < -0.3 is 85.3 Å². The zero-order valence-electron chi connectivity index (χ0n) is 33.2. The van der Waals surface area contributed by atoms with Crippen molar-refractivity contribution >= 4 is 5.97 Å². The minimum absolute atomic E-state index is 0.0282. The van der Waals surface area contributed by atoms with Crippen LogP contribution in [-0.4, -0.2) is 215 Å². The lowest BCUT2D eigenvalue weighted by Gasteiger charge is -2.50. The van der Waals surface area contributed by atoms with E-state index in [4.69, 9.17) is 85.3 Å². The highest BCUT2D eigenvalue weighted by molar-refractivity contribution is 5.75. The lowest BCUT2D eigenvalue weighted by Crippen LogP contribution is -2.67. The third-order valence-corrected chi connectivity index (χ3v) is 9.84. The summed E-state index contributed by atoms with van der Waals surface area (Å²) < 4.78 is 107. The van der Waals surface area contributed by atoms with Gasteiger partial charge >= 0.3 is 5.97 Å². The average Bonchev–Trinajstić information content (AvgIpc) is 3.17. The smallest absolute Gasteiger partial charge is 0.337 e. The fraction of sp³-hybridized carbons (Fsp3) is 0.971. The summed E-state index contributed by atoms with van der Waals surface area (Å²) in [7, 11) is 17.9. The monoisotopic (exact) mass is 774 g/mol. The van der Waals surface area contributed by atoms with Gasteiger partial charge in [0.05, 0.1) is 33.0 Å². The first kappa shape index (κ1) is 46.2. The fourth-order valence-electron chi connectivity index (χ4n) is 7.16. The quantitative estimate of drug-likeness (QED) is 0.129. The van der Waals surface area contributed by atoms with Gasteiger partial charge in [-0.1, -0.05) is 0 Å². The largest absolute Gasteiger partial charge is 0.467 e. The van der Waals surface area contributed by atoms with E-state index in [-0.39, 0.29) is 19.8 Å². The zero-order valence-corrected chi connectivity index (χ0v) is 33.2. The van der Waals surface area contributed by atoms with E-state index in [0.29, 0.717) is 0 Å². The molecule has 0 aromatic carbocycles. The number of methoxy groups -OCH3 is 12. The highest BCUT2D eigenvalue weighted by atomic mass is 16.8. The molecule has 0 aromatic heterocycles. The molecule has 3 aliphatic rings. The lowest BCUT2D eigenvalue weighted by molar-refractivity contribution is -0.387. The van der Waals surface area contributed by atoms with E-state index in [9.17, 15) is 4.79 Å². The van der Waals surface area contributed by atoms with Crippen LogP contribution in [0.2, 0.25) is 0 Å². The van der Waals surface area contributed by atoms with Crippen LogP contribution in [0.4, 0.5) is 0 Å². The molecule has 3 rings (SSSR count). The second kappa shape index (κ2) is 23.1. The maximum atomic E-state index is 13.1. The molecular weight excluding hydrogens is 712 g/mol. The minimum atomic E-state index is -1.32. The average molecular weight is 775 g/mol. The molecule has 3 aliphatic heterocycles. The van der Waals surface area contributed by atoms with Crippen LogP contribution in [0.5, 0.6) is 0 Å². The van der Waals surface area contributed by atoms with Crippen LogP contribution < -0.4 is 0 Å². The van der Waals surface area contributed by atoms with Gasteiger partial charge in [0.1, 0.15) is 73.2 Å². The van der Waals surface area contributed by atoms with Gasteiger partial charge in [0, 0.05) is 78.2 Å². The maximum Gasteiger partial charge on any atom is 0.337 e. The Morgan fingerprint density at radius 2 is 1.13 bits per heavy atom. The molecule has 0 aliphatic carbocycles. The Hall–Kier alpha value is -1.21. The molecule has 0 amide bonds. The van der Waals surface area contributed by atoms with Crippen molar-refractivity contribution in [2.45, 2.75) is 111 Å². The van der Waals surface area contributed by atoms with Crippen LogP contribution in [0.1, 0.15) is 6.92 Å². The number of esters is 1. The third-order valence-electron chi connectivity index (χ3n) is 9.84. The van der Waals surface area contributed by atoms with Crippen molar-refractivity contribution in [1.29, 1.82) is 0 Å². The van der Waals surface area contributed by atoms with Gasteiger partial charge in [0.15, 0.2) is 25.0 Å². The Morgan fingerprint density at radius 1 is 0.566 bits per heavy atom. The summed E-state index contributed by atoms with van der Waals surface area (Å²) in [6, 6.07) is 0. The van der Waals surface area contributed by atoms with Crippen molar-refractivity contribution in [2.24, 2.45) is 0 Å². The molecular formula is C34H62O19. The Bertz CT molecular complexity index is 1030. The summed E-state index contributed by atoms with van der Waals surface area (Å²) in [6.45, 7) is 2.20. The van der Waals surface area contributed by atoms with Gasteiger partial charge in [-0.2, -0.15) is 0 Å². The first-order valence-corrected chi connectivity index (χ1v) is 17.3. The van der Waals surface area contributed by atoms with E-state index in [1.165, 1.54) is 64.0 Å². The van der Waals surface area contributed by atoms with Crippen LogP contribution >= 0.6 is 0 Å². The number of carbonyl (C=O) groups is 1. The molecule has 0 bridgehead atoms. The van der Waals surface area contributed by atoms with Crippen LogP contribution in [0.3, 0.4) is 0 Å². The molecule has 0 radical (unpaired) electrons.